The van der Waals surface area contributed by atoms with Gasteiger partial charge in [0, 0.05) is 35.2 Å². The number of hydrogen-bond acceptors (Lipinski definition) is 7. The molecular formula is C24H30N2O7. The van der Waals surface area contributed by atoms with Gasteiger partial charge >= 0.3 is 5.69 Å². The normalized spacial score (nSPS) is 11.1. The molecule has 0 heterocycles. The number of nitrogens with zero attached hydrogens (tertiary/aromatic N) is 1. The van der Waals surface area contributed by atoms with E-state index < -0.39 is 16.0 Å². The third-order valence-electron chi connectivity index (χ3n) is 4.64. The minimum absolute atomic E-state index is 0.0123. The van der Waals surface area contributed by atoms with Crippen LogP contribution in [0.1, 0.15) is 80.3 Å². The highest BCUT2D eigenvalue weighted by atomic mass is 16.6. The van der Waals surface area contributed by atoms with Crippen LogP contribution in [0.4, 0.5) is 11.4 Å². The van der Waals surface area contributed by atoms with Gasteiger partial charge in [0.2, 0.25) is 5.91 Å². The Balaban J connectivity index is 0.000000331. The molecule has 0 fully saturated rings. The van der Waals surface area contributed by atoms with Crippen molar-refractivity contribution >= 4 is 29.9 Å². The van der Waals surface area contributed by atoms with Crippen molar-refractivity contribution in [2.45, 2.75) is 59.3 Å². The Bertz CT molecular complexity index is 1080. The molecule has 0 radical (unpaired) electrons. The van der Waals surface area contributed by atoms with E-state index >= 15 is 0 Å². The van der Waals surface area contributed by atoms with Crippen LogP contribution in [0, 0.1) is 10.1 Å². The maximum atomic E-state index is 11.0. The molecule has 9 heteroatoms. The SMILES string of the molecule is CC(=O)Nc1cc(C=O)cc(C(C)(C)C)c1O.CC(C)(C)c1cc(C=O)cc([N+](=O)[O-])c1O. The van der Waals surface area contributed by atoms with E-state index in [2.05, 4.69) is 5.32 Å². The minimum atomic E-state index is -0.697. The minimum Gasteiger partial charge on any atom is -0.505 e. The number of benzene rings is 2. The van der Waals surface area contributed by atoms with E-state index in [1.807, 2.05) is 20.8 Å². The molecule has 0 bridgehead atoms. The van der Waals surface area contributed by atoms with Crippen molar-refractivity contribution in [2.75, 3.05) is 5.32 Å². The highest BCUT2D eigenvalue weighted by Crippen LogP contribution is 2.38. The quantitative estimate of drug-likeness (QED) is 0.256. The van der Waals surface area contributed by atoms with Gasteiger partial charge in [-0.15, -0.1) is 0 Å². The maximum absolute atomic E-state index is 11.0. The smallest absolute Gasteiger partial charge is 0.311 e. The number of aldehydes is 2. The van der Waals surface area contributed by atoms with Crippen molar-refractivity contribution in [3.63, 3.8) is 0 Å². The molecule has 0 aliphatic carbocycles. The van der Waals surface area contributed by atoms with E-state index in [0.717, 1.165) is 6.07 Å². The third kappa shape index (κ3) is 7.13. The Hall–Kier alpha value is -3.75. The van der Waals surface area contributed by atoms with E-state index in [1.54, 1.807) is 26.8 Å². The highest BCUT2D eigenvalue weighted by Gasteiger charge is 2.26. The van der Waals surface area contributed by atoms with E-state index in [1.165, 1.54) is 19.1 Å². The first-order valence-electron chi connectivity index (χ1n) is 10.1. The summed E-state index contributed by atoms with van der Waals surface area (Å²) in [7, 11) is 0. The number of aromatic hydroxyl groups is 2. The third-order valence-corrected chi connectivity index (χ3v) is 4.64. The molecule has 0 aliphatic heterocycles. The molecule has 0 atom stereocenters. The van der Waals surface area contributed by atoms with Gasteiger partial charge in [0.05, 0.1) is 10.6 Å². The van der Waals surface area contributed by atoms with Crippen LogP contribution in [0.15, 0.2) is 24.3 Å². The number of carbonyl (C=O) groups is 3. The number of nitro benzene ring substituents is 1. The summed E-state index contributed by atoms with van der Waals surface area (Å²) in [4.78, 5) is 42.5. The lowest BCUT2D eigenvalue weighted by molar-refractivity contribution is -0.386. The van der Waals surface area contributed by atoms with Crippen LogP contribution in [0.3, 0.4) is 0 Å². The summed E-state index contributed by atoms with van der Waals surface area (Å²) < 4.78 is 0. The fraction of sp³-hybridized carbons (Fsp3) is 0.375. The Morgan fingerprint density at radius 3 is 1.67 bits per heavy atom. The molecular weight excluding hydrogens is 428 g/mol. The summed E-state index contributed by atoms with van der Waals surface area (Å²) in [5, 5.41) is 33.0. The van der Waals surface area contributed by atoms with Crippen molar-refractivity contribution in [1.29, 1.82) is 0 Å². The molecule has 0 spiro atoms. The molecule has 0 saturated heterocycles. The number of nitrogens with one attached hydrogen (secondary N) is 1. The Morgan fingerprint density at radius 1 is 0.879 bits per heavy atom. The van der Waals surface area contributed by atoms with Crippen molar-refractivity contribution in [3.05, 3.63) is 56.6 Å². The summed E-state index contributed by atoms with van der Waals surface area (Å²) in [6.45, 7) is 12.5. The van der Waals surface area contributed by atoms with Crippen LogP contribution in [0.2, 0.25) is 0 Å². The van der Waals surface area contributed by atoms with Crippen LogP contribution in [0.5, 0.6) is 11.5 Å². The number of anilines is 1. The number of rotatable bonds is 4. The first kappa shape index (κ1) is 27.3. The number of hydrogen-bond donors (Lipinski definition) is 3. The molecule has 33 heavy (non-hydrogen) atoms. The van der Waals surface area contributed by atoms with Crippen molar-refractivity contribution in [3.8, 4) is 11.5 Å². The second-order valence-electron chi connectivity index (χ2n) is 9.57. The summed E-state index contributed by atoms with van der Waals surface area (Å²) >= 11 is 0. The summed E-state index contributed by atoms with van der Waals surface area (Å²) in [6.07, 6.45) is 1.22. The van der Waals surface area contributed by atoms with Gasteiger partial charge in [-0.3, -0.25) is 24.5 Å². The predicted molar refractivity (Wildman–Crippen MR) is 125 cm³/mol. The molecule has 3 N–H and O–H groups in total. The summed E-state index contributed by atoms with van der Waals surface area (Å²) in [5.41, 5.74) is 0.701. The summed E-state index contributed by atoms with van der Waals surface area (Å²) in [6, 6.07) is 5.62. The zero-order chi connectivity index (χ0) is 25.7. The van der Waals surface area contributed by atoms with Crippen LogP contribution in [0.25, 0.3) is 0 Å². The van der Waals surface area contributed by atoms with Crippen molar-refractivity contribution in [2.24, 2.45) is 0 Å². The molecule has 2 aromatic carbocycles. The molecule has 9 nitrogen and oxygen atoms in total. The average Bonchev–Trinajstić information content (AvgIpc) is 2.67. The number of amides is 1. The van der Waals surface area contributed by atoms with Crippen molar-refractivity contribution in [1.82, 2.24) is 0 Å². The van der Waals surface area contributed by atoms with Gasteiger partial charge in [0.25, 0.3) is 0 Å². The zero-order valence-corrected chi connectivity index (χ0v) is 19.8. The fourth-order valence-corrected chi connectivity index (χ4v) is 3.00. The molecule has 0 saturated carbocycles. The standard InChI is InChI=1S/C13H17NO3.C11H13NO4/c1-8(16)14-11-6-9(7-15)5-10(12(11)17)13(2,3)4;1-11(2,3)8-4-7(6-13)5-9(10(8)14)12(15)16/h5-7,17H,1-4H3,(H,14,16);4-6,14H,1-3H3. The van der Waals surface area contributed by atoms with E-state index in [-0.39, 0.29) is 34.1 Å². The predicted octanol–water partition coefficient (Wildman–Crippen LogP) is 4.87. The molecule has 0 aliphatic rings. The molecule has 0 unspecified atom stereocenters. The lowest BCUT2D eigenvalue weighted by Gasteiger charge is -2.22. The first-order chi connectivity index (χ1) is 15.0. The van der Waals surface area contributed by atoms with Crippen molar-refractivity contribution < 1.29 is 29.5 Å². The largest absolute Gasteiger partial charge is 0.505 e. The Labute approximate surface area is 192 Å². The highest BCUT2D eigenvalue weighted by molar-refractivity contribution is 5.92. The molecule has 0 aromatic heterocycles. The van der Waals surface area contributed by atoms with Gasteiger partial charge < -0.3 is 15.5 Å². The summed E-state index contributed by atoms with van der Waals surface area (Å²) in [5.74, 6) is -0.649. The molecule has 2 aromatic rings. The topological polar surface area (TPSA) is 147 Å². The van der Waals surface area contributed by atoms with E-state index in [4.69, 9.17) is 0 Å². The van der Waals surface area contributed by atoms with Gasteiger partial charge in [-0.25, -0.2) is 0 Å². The Kier molecular flexibility index (Phi) is 8.47. The van der Waals surface area contributed by atoms with Gasteiger partial charge in [-0.1, -0.05) is 41.5 Å². The van der Waals surface area contributed by atoms with Gasteiger partial charge in [-0.05, 0) is 29.0 Å². The van der Waals surface area contributed by atoms with Crippen LogP contribution in [-0.4, -0.2) is 33.6 Å². The number of carbonyl (C=O) groups excluding carboxylic acids is 3. The molecule has 1 amide bonds. The monoisotopic (exact) mass is 458 g/mol. The second-order valence-corrected chi connectivity index (χ2v) is 9.57. The molecule has 178 valence electrons. The lowest BCUT2D eigenvalue weighted by Crippen LogP contribution is -2.14. The number of nitro groups is 1. The van der Waals surface area contributed by atoms with Gasteiger partial charge in [0.15, 0.2) is 5.75 Å². The Morgan fingerprint density at radius 2 is 1.30 bits per heavy atom. The number of phenols is 2. The fourth-order valence-electron chi connectivity index (χ4n) is 3.00. The second kappa shape index (κ2) is 10.2. The molecule has 2 rings (SSSR count). The van der Waals surface area contributed by atoms with E-state index in [0.29, 0.717) is 29.3 Å². The lowest BCUT2D eigenvalue weighted by atomic mass is 9.85. The average molecular weight is 459 g/mol. The first-order valence-corrected chi connectivity index (χ1v) is 10.1. The zero-order valence-electron chi connectivity index (χ0n) is 19.8. The van der Waals surface area contributed by atoms with Gasteiger partial charge in [0.1, 0.15) is 18.3 Å². The van der Waals surface area contributed by atoms with Crippen LogP contribution < -0.4 is 5.32 Å². The van der Waals surface area contributed by atoms with E-state index in [9.17, 15) is 34.7 Å². The number of phenolic OH excluding ortho intramolecular Hbond substituents is 2. The van der Waals surface area contributed by atoms with Gasteiger partial charge in [-0.2, -0.15) is 0 Å². The van der Waals surface area contributed by atoms with Crippen LogP contribution >= 0.6 is 0 Å². The maximum Gasteiger partial charge on any atom is 0.311 e. The van der Waals surface area contributed by atoms with Crippen LogP contribution in [-0.2, 0) is 15.6 Å².